The fourth-order valence-corrected chi connectivity index (χ4v) is 6.10. The van der Waals surface area contributed by atoms with Gasteiger partial charge in [-0.3, -0.25) is 0 Å². The Bertz CT molecular complexity index is 472. The van der Waals surface area contributed by atoms with Crippen molar-refractivity contribution in [3.8, 4) is 0 Å². The highest BCUT2D eigenvalue weighted by Gasteiger charge is 2.60. The molecule has 3 N–H and O–H groups in total. The summed E-state index contributed by atoms with van der Waals surface area (Å²) in [4.78, 5) is 0. The van der Waals surface area contributed by atoms with Crippen LogP contribution in [0.15, 0.2) is 11.6 Å². The fraction of sp³-hybridized carbons (Fsp3) is 0.900. The molecule has 3 aliphatic rings. The molecule has 0 aromatic rings. The Morgan fingerprint density at radius 3 is 2.48 bits per heavy atom. The first-order valence-corrected chi connectivity index (χ1v) is 9.54. The topological polar surface area (TPSA) is 60.7 Å². The van der Waals surface area contributed by atoms with Crippen molar-refractivity contribution >= 4 is 0 Å². The zero-order valence-electron chi connectivity index (χ0n) is 15.1. The van der Waals surface area contributed by atoms with Gasteiger partial charge in [0.1, 0.15) is 0 Å². The minimum Gasteiger partial charge on any atom is -0.392 e. The van der Waals surface area contributed by atoms with Crippen molar-refractivity contribution in [3.63, 3.8) is 0 Å². The number of hydrogen-bond acceptors (Lipinski definition) is 3. The van der Waals surface area contributed by atoms with Gasteiger partial charge in [-0.1, -0.05) is 40.2 Å². The summed E-state index contributed by atoms with van der Waals surface area (Å²) in [6, 6.07) is 0. The standard InChI is InChI=1S/C20H34O3/c1-11(2)15-7-5-12(3)16-8-6-13(4)20(23)17(15)9-14(10-21)19(22)18(16)20/h9,11-13,15-19,21-23H,5-8,10H2,1-4H3/t12-,13-,15-,16+,17+,18+,19?,20+/m1/s1. The second kappa shape index (κ2) is 6.16. The summed E-state index contributed by atoms with van der Waals surface area (Å²) in [5.74, 6) is 1.93. The van der Waals surface area contributed by atoms with Gasteiger partial charge in [-0.05, 0) is 54.4 Å². The van der Waals surface area contributed by atoms with Gasteiger partial charge in [-0.2, -0.15) is 0 Å². The van der Waals surface area contributed by atoms with E-state index in [1.165, 1.54) is 6.42 Å². The molecule has 0 aromatic carbocycles. The lowest BCUT2D eigenvalue weighted by Crippen LogP contribution is -2.65. The van der Waals surface area contributed by atoms with Gasteiger partial charge in [0.15, 0.2) is 0 Å². The smallest absolute Gasteiger partial charge is 0.0831 e. The summed E-state index contributed by atoms with van der Waals surface area (Å²) in [6.07, 6.45) is 5.79. The average molecular weight is 322 g/mol. The van der Waals surface area contributed by atoms with Gasteiger partial charge in [0, 0.05) is 11.8 Å². The van der Waals surface area contributed by atoms with Gasteiger partial charge in [-0.25, -0.2) is 0 Å². The lowest BCUT2D eigenvalue weighted by molar-refractivity contribution is -0.203. The third-order valence-corrected chi connectivity index (χ3v) is 7.55. The SMILES string of the molecule is CC(C)[C@H]1CC[C@@H](C)[C@@H]2CC[C@@H](C)[C@@]3(O)[C@@H]2C(O)C(CO)=C[C@@H]13. The number of rotatable bonds is 2. The summed E-state index contributed by atoms with van der Waals surface area (Å²) < 4.78 is 0. The second-order valence-electron chi connectivity index (χ2n) is 8.89. The molecule has 23 heavy (non-hydrogen) atoms. The molecule has 3 aliphatic carbocycles. The summed E-state index contributed by atoms with van der Waals surface area (Å²) in [5.41, 5.74) is -0.0894. The predicted octanol–water partition coefficient (Wildman–Crippen LogP) is 2.99. The van der Waals surface area contributed by atoms with Crippen LogP contribution < -0.4 is 0 Å². The van der Waals surface area contributed by atoms with E-state index in [1.54, 1.807) is 0 Å². The van der Waals surface area contributed by atoms with Gasteiger partial charge in [0.25, 0.3) is 0 Å². The van der Waals surface area contributed by atoms with Gasteiger partial charge < -0.3 is 15.3 Å². The van der Waals surface area contributed by atoms with Crippen LogP contribution in [0.25, 0.3) is 0 Å². The Morgan fingerprint density at radius 1 is 1.17 bits per heavy atom. The zero-order chi connectivity index (χ0) is 16.9. The molecule has 132 valence electrons. The van der Waals surface area contributed by atoms with Crippen LogP contribution in [0.4, 0.5) is 0 Å². The van der Waals surface area contributed by atoms with Crippen molar-refractivity contribution in [1.82, 2.24) is 0 Å². The highest BCUT2D eigenvalue weighted by atomic mass is 16.3. The molecule has 3 heteroatoms. The molecule has 0 aromatic heterocycles. The first-order valence-electron chi connectivity index (χ1n) is 9.54. The number of aliphatic hydroxyl groups is 3. The molecule has 0 saturated heterocycles. The highest BCUT2D eigenvalue weighted by Crippen LogP contribution is 2.58. The molecule has 0 radical (unpaired) electrons. The molecule has 0 aliphatic heterocycles. The van der Waals surface area contributed by atoms with Gasteiger partial charge in [-0.15, -0.1) is 0 Å². The monoisotopic (exact) mass is 322 g/mol. The lowest BCUT2D eigenvalue weighted by Gasteiger charge is -2.60. The van der Waals surface area contributed by atoms with Crippen LogP contribution in [0.1, 0.15) is 53.4 Å². The van der Waals surface area contributed by atoms with E-state index in [1.807, 2.05) is 6.08 Å². The van der Waals surface area contributed by atoms with Crippen LogP contribution in [-0.4, -0.2) is 33.6 Å². The Kier molecular flexibility index (Phi) is 4.67. The van der Waals surface area contributed by atoms with E-state index < -0.39 is 11.7 Å². The van der Waals surface area contributed by atoms with E-state index in [4.69, 9.17) is 0 Å². The van der Waals surface area contributed by atoms with Crippen molar-refractivity contribution < 1.29 is 15.3 Å². The largest absolute Gasteiger partial charge is 0.392 e. The van der Waals surface area contributed by atoms with Crippen LogP contribution in [-0.2, 0) is 0 Å². The molecule has 8 atom stereocenters. The Morgan fingerprint density at radius 2 is 1.87 bits per heavy atom. The van der Waals surface area contributed by atoms with Crippen molar-refractivity contribution in [3.05, 3.63) is 11.6 Å². The van der Waals surface area contributed by atoms with E-state index in [0.29, 0.717) is 23.7 Å². The quantitative estimate of drug-likeness (QED) is 0.685. The Hall–Kier alpha value is -0.380. The summed E-state index contributed by atoms with van der Waals surface area (Å²) in [7, 11) is 0. The Balaban J connectivity index is 2.17. The van der Waals surface area contributed by atoms with E-state index >= 15 is 0 Å². The summed E-state index contributed by atoms with van der Waals surface area (Å²) >= 11 is 0. The highest BCUT2D eigenvalue weighted by molar-refractivity contribution is 5.26. The van der Waals surface area contributed by atoms with E-state index in [2.05, 4.69) is 27.7 Å². The first kappa shape index (κ1) is 17.4. The minimum atomic E-state index is -0.829. The van der Waals surface area contributed by atoms with Gasteiger partial charge in [0.2, 0.25) is 0 Å². The third kappa shape index (κ3) is 2.51. The molecule has 2 fully saturated rings. The average Bonchev–Trinajstić information content (AvgIpc) is 2.50. The molecule has 2 saturated carbocycles. The van der Waals surface area contributed by atoms with E-state index in [9.17, 15) is 15.3 Å². The maximum Gasteiger partial charge on any atom is 0.0831 e. The molecule has 0 spiro atoms. The second-order valence-corrected chi connectivity index (χ2v) is 8.89. The first-order chi connectivity index (χ1) is 10.8. The third-order valence-electron chi connectivity index (χ3n) is 7.55. The maximum absolute atomic E-state index is 11.9. The van der Waals surface area contributed by atoms with Crippen LogP contribution in [0, 0.1) is 41.4 Å². The van der Waals surface area contributed by atoms with Gasteiger partial charge >= 0.3 is 0 Å². The van der Waals surface area contributed by atoms with Crippen molar-refractivity contribution in [2.75, 3.05) is 6.61 Å². The van der Waals surface area contributed by atoms with E-state index in [0.717, 1.165) is 24.8 Å². The maximum atomic E-state index is 11.9. The molecule has 3 rings (SSSR count). The molecular weight excluding hydrogens is 288 g/mol. The lowest BCUT2D eigenvalue weighted by atomic mass is 9.48. The van der Waals surface area contributed by atoms with E-state index in [-0.39, 0.29) is 24.4 Å². The number of aliphatic hydroxyl groups excluding tert-OH is 2. The fourth-order valence-electron chi connectivity index (χ4n) is 6.10. The minimum absolute atomic E-state index is 0.0587. The molecule has 3 nitrogen and oxygen atoms in total. The molecule has 4 bridgehead atoms. The molecule has 0 amide bonds. The normalized spacial score (nSPS) is 50.3. The molecular formula is C20H34O3. The Labute approximate surface area is 140 Å². The summed E-state index contributed by atoms with van der Waals surface area (Å²) in [6.45, 7) is 8.85. The van der Waals surface area contributed by atoms with Crippen LogP contribution in [0.2, 0.25) is 0 Å². The van der Waals surface area contributed by atoms with Crippen LogP contribution in [0.5, 0.6) is 0 Å². The predicted molar refractivity (Wildman–Crippen MR) is 91.7 cm³/mol. The number of hydrogen-bond donors (Lipinski definition) is 3. The van der Waals surface area contributed by atoms with Crippen LogP contribution in [0.3, 0.4) is 0 Å². The zero-order valence-corrected chi connectivity index (χ0v) is 15.1. The molecule has 0 heterocycles. The van der Waals surface area contributed by atoms with Gasteiger partial charge in [0.05, 0.1) is 18.3 Å². The van der Waals surface area contributed by atoms with Crippen molar-refractivity contribution in [2.45, 2.75) is 65.1 Å². The summed E-state index contributed by atoms with van der Waals surface area (Å²) in [5, 5.41) is 32.6. The van der Waals surface area contributed by atoms with Crippen molar-refractivity contribution in [2.24, 2.45) is 41.4 Å². The molecule has 1 unspecified atom stereocenters. The van der Waals surface area contributed by atoms with Crippen LogP contribution >= 0.6 is 0 Å². The van der Waals surface area contributed by atoms with Crippen molar-refractivity contribution in [1.29, 1.82) is 0 Å².